The van der Waals surface area contributed by atoms with E-state index >= 15 is 0 Å². The number of carbonyl (C=O) groups is 1. The Morgan fingerprint density at radius 3 is 2.04 bits per heavy atom. The number of nitrogens with zero attached hydrogens (tertiary/aromatic N) is 1. The molecule has 1 rings (SSSR count). The fraction of sp³-hybridized carbons (Fsp3) is 0.588. The van der Waals surface area contributed by atoms with E-state index in [4.69, 9.17) is 13.8 Å². The van der Waals surface area contributed by atoms with Crippen LogP contribution < -0.4 is 4.74 Å². The van der Waals surface area contributed by atoms with E-state index in [1.54, 1.807) is 34.8 Å². The largest absolute Gasteiger partial charge is 0.497 e. The van der Waals surface area contributed by atoms with Crippen molar-refractivity contribution in [1.82, 2.24) is 4.67 Å². The summed E-state index contributed by atoms with van der Waals surface area (Å²) in [4.78, 5) is 11.2. The van der Waals surface area contributed by atoms with Gasteiger partial charge >= 0.3 is 13.7 Å². The van der Waals surface area contributed by atoms with Crippen LogP contribution in [-0.4, -0.2) is 48.2 Å². The van der Waals surface area contributed by atoms with Gasteiger partial charge in [0.05, 0.1) is 19.3 Å². The molecule has 0 aliphatic heterocycles. The van der Waals surface area contributed by atoms with Gasteiger partial charge in [0.25, 0.3) is 0 Å². The maximum Gasteiger partial charge on any atom is 0.409 e. The molecule has 0 aromatic heterocycles. The number of benzene rings is 1. The van der Waals surface area contributed by atoms with Crippen LogP contribution in [0.2, 0.25) is 0 Å². The Morgan fingerprint density at radius 2 is 1.64 bits per heavy atom. The lowest BCUT2D eigenvalue weighted by Gasteiger charge is -2.31. The average molecular weight is 373 g/mol. The number of aliphatic carboxylic acids is 1. The highest BCUT2D eigenvalue weighted by Gasteiger charge is 2.37. The molecule has 25 heavy (non-hydrogen) atoms. The van der Waals surface area contributed by atoms with Crippen LogP contribution in [0.3, 0.4) is 0 Å². The Hall–Kier alpha value is -1.40. The van der Waals surface area contributed by atoms with Crippen molar-refractivity contribution < 1.29 is 28.3 Å². The van der Waals surface area contributed by atoms with Crippen LogP contribution in [0.1, 0.15) is 33.3 Å². The Balaban J connectivity index is 2.94. The van der Waals surface area contributed by atoms with E-state index in [-0.39, 0.29) is 18.8 Å². The van der Waals surface area contributed by atoms with E-state index in [1.807, 2.05) is 24.3 Å². The summed E-state index contributed by atoms with van der Waals surface area (Å²) < 4.78 is 30.6. The molecule has 0 amide bonds. The van der Waals surface area contributed by atoms with E-state index in [9.17, 15) is 14.5 Å². The molecule has 0 spiro atoms. The molecule has 0 unspecified atom stereocenters. The second kappa shape index (κ2) is 9.92. The van der Waals surface area contributed by atoms with Crippen LogP contribution in [-0.2, 0) is 24.8 Å². The summed E-state index contributed by atoms with van der Waals surface area (Å²) in [5.41, 5.74) is 0.969. The maximum absolute atomic E-state index is 13.2. The Labute approximate surface area is 149 Å². The molecule has 8 heteroatoms. The van der Waals surface area contributed by atoms with Crippen molar-refractivity contribution in [1.29, 1.82) is 0 Å². The van der Waals surface area contributed by atoms with Crippen LogP contribution in [0.5, 0.6) is 5.75 Å². The van der Waals surface area contributed by atoms with Gasteiger partial charge in [-0.1, -0.05) is 12.1 Å². The van der Waals surface area contributed by atoms with Crippen LogP contribution in [0, 0.1) is 0 Å². The third-order valence-electron chi connectivity index (χ3n) is 3.17. The molecule has 0 aliphatic carbocycles. The van der Waals surface area contributed by atoms with Gasteiger partial charge in [0.1, 0.15) is 12.3 Å². The quantitative estimate of drug-likeness (QED) is 0.593. The van der Waals surface area contributed by atoms with Gasteiger partial charge in [0, 0.05) is 6.54 Å². The summed E-state index contributed by atoms with van der Waals surface area (Å²) in [6.45, 7) is 6.75. The van der Waals surface area contributed by atoms with Crippen molar-refractivity contribution in [2.24, 2.45) is 0 Å². The molecule has 142 valence electrons. The number of carboxylic acid groups (broad SMARTS) is 1. The lowest BCUT2D eigenvalue weighted by molar-refractivity contribution is -0.137. The van der Waals surface area contributed by atoms with Gasteiger partial charge in [-0.3, -0.25) is 13.8 Å². The van der Waals surface area contributed by atoms with Crippen LogP contribution in [0.4, 0.5) is 0 Å². The molecule has 0 radical (unpaired) electrons. The molecule has 0 saturated carbocycles. The zero-order chi connectivity index (χ0) is 19.0. The summed E-state index contributed by atoms with van der Waals surface area (Å²) in [7, 11) is -2.13. The third kappa shape index (κ3) is 7.57. The number of ether oxygens (including phenoxy) is 1. The van der Waals surface area contributed by atoms with E-state index in [1.165, 1.54) is 4.67 Å². The molecular formula is C17H28NO6P. The van der Waals surface area contributed by atoms with Crippen molar-refractivity contribution in [2.45, 2.75) is 46.3 Å². The highest BCUT2D eigenvalue weighted by Crippen LogP contribution is 2.53. The van der Waals surface area contributed by atoms with Crippen LogP contribution in [0.15, 0.2) is 24.3 Å². The summed E-state index contributed by atoms with van der Waals surface area (Å²) >= 11 is 0. The highest BCUT2D eigenvalue weighted by atomic mass is 31.2. The van der Waals surface area contributed by atoms with Gasteiger partial charge in [-0.25, -0.2) is 4.57 Å². The van der Waals surface area contributed by atoms with E-state index in [0.29, 0.717) is 6.42 Å². The van der Waals surface area contributed by atoms with Gasteiger partial charge in [-0.15, -0.1) is 0 Å². The third-order valence-corrected chi connectivity index (χ3v) is 5.58. The molecule has 0 heterocycles. The smallest absolute Gasteiger partial charge is 0.409 e. The molecule has 0 aliphatic rings. The minimum absolute atomic E-state index is 0.231. The first-order chi connectivity index (χ1) is 11.7. The van der Waals surface area contributed by atoms with E-state index in [0.717, 1.165) is 11.3 Å². The topological polar surface area (TPSA) is 85.3 Å². The Morgan fingerprint density at radius 1 is 1.12 bits per heavy atom. The fourth-order valence-corrected chi connectivity index (χ4v) is 4.21. The monoisotopic (exact) mass is 373 g/mol. The van der Waals surface area contributed by atoms with Crippen molar-refractivity contribution in [3.05, 3.63) is 29.8 Å². The lowest BCUT2D eigenvalue weighted by atomic mass is 10.1. The zero-order valence-electron chi connectivity index (χ0n) is 15.5. The average Bonchev–Trinajstić information content (AvgIpc) is 2.49. The standard InChI is InChI=1S/C17H28NO6P/c1-13(2)23-25(21,24-14(3)4)18(12-17(19)20)11-10-15-6-8-16(22-5)9-7-15/h6-9,13-14H,10-12H2,1-5H3,(H,19,20). The number of hydrogen-bond donors (Lipinski definition) is 1. The Kier molecular flexibility index (Phi) is 8.59. The maximum atomic E-state index is 13.2. The van der Waals surface area contributed by atoms with E-state index < -0.39 is 20.3 Å². The van der Waals surface area contributed by atoms with Gasteiger partial charge in [0.2, 0.25) is 0 Å². The van der Waals surface area contributed by atoms with Crippen molar-refractivity contribution in [3.63, 3.8) is 0 Å². The zero-order valence-corrected chi connectivity index (χ0v) is 16.4. The fourth-order valence-electron chi connectivity index (χ4n) is 2.19. The molecule has 1 aromatic carbocycles. The van der Waals surface area contributed by atoms with Crippen molar-refractivity contribution in [2.75, 3.05) is 20.2 Å². The summed E-state index contributed by atoms with van der Waals surface area (Å²) in [5.74, 6) is -0.349. The molecule has 0 saturated heterocycles. The van der Waals surface area contributed by atoms with Crippen LogP contribution in [0.25, 0.3) is 0 Å². The number of carboxylic acids is 1. The predicted octanol–water partition coefficient (Wildman–Crippen LogP) is 3.58. The minimum atomic E-state index is -3.72. The normalized spacial score (nSPS) is 12.2. The van der Waals surface area contributed by atoms with Crippen LogP contribution >= 0.6 is 7.75 Å². The van der Waals surface area contributed by atoms with Gasteiger partial charge in [-0.2, -0.15) is 4.67 Å². The first-order valence-corrected chi connectivity index (χ1v) is 9.73. The number of rotatable bonds is 11. The first-order valence-electron chi connectivity index (χ1n) is 8.23. The second-order valence-electron chi connectivity index (χ2n) is 6.16. The molecular weight excluding hydrogens is 345 g/mol. The molecule has 0 bridgehead atoms. The molecule has 0 fully saturated rings. The van der Waals surface area contributed by atoms with Gasteiger partial charge < -0.3 is 9.84 Å². The van der Waals surface area contributed by atoms with Gasteiger partial charge in [0.15, 0.2) is 0 Å². The Bertz CT molecular complexity index is 573. The minimum Gasteiger partial charge on any atom is -0.497 e. The number of hydrogen-bond acceptors (Lipinski definition) is 5. The highest BCUT2D eigenvalue weighted by molar-refractivity contribution is 7.51. The van der Waals surface area contributed by atoms with Gasteiger partial charge in [-0.05, 0) is 51.8 Å². The molecule has 1 N–H and O–H groups in total. The summed E-state index contributed by atoms with van der Waals surface area (Å²) in [6.07, 6.45) is -0.215. The summed E-state index contributed by atoms with van der Waals surface area (Å²) in [6, 6.07) is 7.42. The van der Waals surface area contributed by atoms with Crippen molar-refractivity contribution >= 4 is 13.7 Å². The first kappa shape index (κ1) is 21.6. The van der Waals surface area contributed by atoms with Crippen molar-refractivity contribution in [3.8, 4) is 5.75 Å². The second-order valence-corrected chi connectivity index (χ2v) is 8.08. The summed E-state index contributed by atoms with van der Waals surface area (Å²) in [5, 5.41) is 9.19. The van der Waals surface area contributed by atoms with E-state index in [2.05, 4.69) is 0 Å². The SMILES string of the molecule is COc1ccc(CCN(CC(=O)O)P(=O)(OC(C)C)OC(C)C)cc1. The predicted molar refractivity (Wildman–Crippen MR) is 96.0 cm³/mol. The molecule has 1 aromatic rings. The number of methoxy groups -OCH3 is 1. The lowest BCUT2D eigenvalue weighted by Crippen LogP contribution is -2.32. The molecule has 7 nitrogen and oxygen atoms in total. The molecule has 0 atom stereocenters.